The second-order valence-electron chi connectivity index (χ2n) is 14.7. The molecule has 50 heavy (non-hydrogen) atoms. The molecule has 0 bridgehead atoms. The Morgan fingerprint density at radius 3 is 2.02 bits per heavy atom. The highest BCUT2D eigenvalue weighted by Gasteiger charge is 2.38. The number of ether oxygens (including phenoxy) is 1. The average Bonchev–Trinajstić information content (AvgIpc) is 3.65. The lowest BCUT2D eigenvalue weighted by Crippen LogP contribution is -2.21. The third-order valence-electron chi connectivity index (χ3n) is 11.7. The fourth-order valence-corrected chi connectivity index (χ4v) is 9.70. The molecule has 10 nitrogen and oxygen atoms in total. The van der Waals surface area contributed by atoms with Crippen LogP contribution in [-0.4, -0.2) is 56.7 Å². The highest BCUT2D eigenvalue weighted by Crippen LogP contribution is 2.56. The number of hydrogen-bond acceptors (Lipinski definition) is 10. The fraction of sp³-hybridized carbons (Fsp3) is 0.425. The molecule has 2 saturated carbocycles. The summed E-state index contributed by atoms with van der Waals surface area (Å²) >= 11 is 0. The molecule has 0 aromatic heterocycles. The van der Waals surface area contributed by atoms with E-state index >= 15 is 0 Å². The number of hydrogen-bond donors (Lipinski definition) is 6. The topological polar surface area (TPSA) is 174 Å². The molecule has 3 aliphatic rings. The van der Waals surface area contributed by atoms with Crippen molar-refractivity contribution in [3.63, 3.8) is 0 Å². The van der Waals surface area contributed by atoms with E-state index < -0.39 is 42.5 Å². The van der Waals surface area contributed by atoms with Gasteiger partial charge in [0.2, 0.25) is 0 Å². The summed E-state index contributed by atoms with van der Waals surface area (Å²) in [4.78, 5) is 42.1. The number of Topliss-reactive ketones (excluding diaryl/α,β-unsaturated/α-hetero) is 1. The van der Waals surface area contributed by atoms with Crippen LogP contribution >= 0.6 is 0 Å². The summed E-state index contributed by atoms with van der Waals surface area (Å²) in [5.41, 5.74) is 2.98. The average molecular weight is 680 g/mol. The molecule has 0 saturated heterocycles. The Kier molecular flexibility index (Phi) is 7.80. The Morgan fingerprint density at radius 2 is 1.46 bits per heavy atom. The fourth-order valence-electron chi connectivity index (χ4n) is 9.70. The number of anilines is 1. The van der Waals surface area contributed by atoms with Crippen molar-refractivity contribution in [2.45, 2.75) is 96.2 Å². The van der Waals surface area contributed by atoms with Crippen LogP contribution in [0.5, 0.6) is 11.5 Å². The molecule has 0 radical (unpaired) electrons. The standard InChI is InChI=1S/C40H41NO9/c1-16-8-24-25(10-18-4-6-22(45)9-18)38(41-21-5-7-23(46)13-21)32-26(47)11-19(14-42)29-30-20(15-43)12-27(48)33-35(30)36(31(24)34(29)32)37(28(16)17(2)44)40(50-3)39(33)49/h8,11-12,18,21-23,28,41-43,45-46,49H,4-7,9-10,13-15H2,1-3H3. The molecular formula is C40H41NO9. The monoisotopic (exact) mass is 679 g/mol. The van der Waals surface area contributed by atoms with Gasteiger partial charge in [0, 0.05) is 22.4 Å². The molecule has 6 N–H and O–H groups in total. The number of phenols is 1. The highest BCUT2D eigenvalue weighted by molar-refractivity contribution is 6.39. The molecule has 0 amide bonds. The smallest absolute Gasteiger partial charge is 0.190 e. The quantitative estimate of drug-likeness (QED) is 0.0996. The van der Waals surface area contributed by atoms with Gasteiger partial charge in [-0.3, -0.25) is 14.4 Å². The summed E-state index contributed by atoms with van der Waals surface area (Å²) in [5, 5.41) is 61.3. The molecule has 0 spiro atoms. The van der Waals surface area contributed by atoms with E-state index in [9.17, 15) is 39.9 Å². The van der Waals surface area contributed by atoms with E-state index in [4.69, 9.17) is 4.74 Å². The number of rotatable bonds is 8. The van der Waals surface area contributed by atoms with E-state index in [1.54, 1.807) is 0 Å². The number of fused-ring (bicyclic) bond motifs is 1. The van der Waals surface area contributed by atoms with Gasteiger partial charge in [-0.25, -0.2) is 0 Å². The zero-order valence-electron chi connectivity index (χ0n) is 28.4. The van der Waals surface area contributed by atoms with Gasteiger partial charge in [-0.1, -0.05) is 11.6 Å². The molecule has 5 aromatic carbocycles. The summed E-state index contributed by atoms with van der Waals surface area (Å²) in [6, 6.07) is 2.56. The van der Waals surface area contributed by atoms with Gasteiger partial charge in [0.1, 0.15) is 5.78 Å². The van der Waals surface area contributed by atoms with Crippen LogP contribution in [0.3, 0.4) is 0 Å². The third-order valence-corrected chi connectivity index (χ3v) is 11.7. The van der Waals surface area contributed by atoms with E-state index in [1.807, 2.05) is 13.0 Å². The normalized spacial score (nSPS) is 23.5. The summed E-state index contributed by atoms with van der Waals surface area (Å²) in [6.07, 6.45) is 5.44. The van der Waals surface area contributed by atoms with E-state index in [0.29, 0.717) is 98.6 Å². The van der Waals surface area contributed by atoms with Gasteiger partial charge in [0.05, 0.1) is 54.9 Å². The maximum atomic E-state index is 14.5. The Hall–Kier alpha value is -4.35. The largest absolute Gasteiger partial charge is 0.504 e. The maximum Gasteiger partial charge on any atom is 0.190 e. The number of aromatic hydroxyl groups is 1. The van der Waals surface area contributed by atoms with E-state index in [-0.39, 0.29) is 39.9 Å². The van der Waals surface area contributed by atoms with Crippen molar-refractivity contribution in [3.8, 4) is 11.5 Å². The Labute approximate surface area is 287 Å². The second-order valence-corrected chi connectivity index (χ2v) is 14.7. The summed E-state index contributed by atoms with van der Waals surface area (Å²) in [6.45, 7) is 2.29. The van der Waals surface area contributed by atoms with Crippen LogP contribution in [0.25, 0.3) is 49.2 Å². The number of aliphatic hydroxyl groups is 4. The highest BCUT2D eigenvalue weighted by atomic mass is 16.5. The van der Waals surface area contributed by atoms with Crippen molar-refractivity contribution >= 4 is 60.6 Å². The molecule has 0 aliphatic heterocycles. The Bertz CT molecular complexity index is 2400. The number of phenolic OH excluding ortho intramolecular Hbond substituents is 1. The van der Waals surface area contributed by atoms with Crippen LogP contribution < -0.4 is 20.9 Å². The number of methoxy groups -OCH3 is 1. The van der Waals surface area contributed by atoms with Crippen LogP contribution in [0.15, 0.2) is 27.3 Å². The molecule has 5 unspecified atom stereocenters. The number of ketones is 1. The number of allylic oxidation sites excluding steroid dienone is 1. The second kappa shape index (κ2) is 11.9. The predicted octanol–water partition coefficient (Wildman–Crippen LogP) is 4.71. The zero-order valence-corrected chi connectivity index (χ0v) is 28.4. The summed E-state index contributed by atoms with van der Waals surface area (Å²) < 4.78 is 5.85. The predicted molar refractivity (Wildman–Crippen MR) is 193 cm³/mol. The zero-order chi connectivity index (χ0) is 35.3. The first-order valence-corrected chi connectivity index (χ1v) is 17.5. The van der Waals surface area contributed by atoms with Gasteiger partial charge >= 0.3 is 0 Å². The van der Waals surface area contributed by atoms with Crippen molar-refractivity contribution in [2.75, 3.05) is 12.4 Å². The Balaban J connectivity index is 1.71. The molecule has 8 rings (SSSR count). The van der Waals surface area contributed by atoms with E-state index in [2.05, 4.69) is 5.32 Å². The molecule has 5 aromatic rings. The number of carbonyl (C=O) groups excluding carboxylic acids is 1. The van der Waals surface area contributed by atoms with Gasteiger partial charge in [-0.2, -0.15) is 0 Å². The minimum Gasteiger partial charge on any atom is -0.504 e. The van der Waals surface area contributed by atoms with Crippen molar-refractivity contribution in [1.29, 1.82) is 0 Å². The van der Waals surface area contributed by atoms with Crippen LogP contribution in [0.1, 0.15) is 86.1 Å². The summed E-state index contributed by atoms with van der Waals surface area (Å²) in [7, 11) is 1.38. The SMILES string of the molecule is COc1c(O)c2c(=O)cc(CO)c3c4c(CO)cc(=O)c5c(NC6CCC(O)C6)c(CC6CCC(O)C6)c6c(c(c1C(C(C)=O)C(C)=C6)c23)c54. The minimum absolute atomic E-state index is 0.00651. The van der Waals surface area contributed by atoms with Gasteiger partial charge < -0.3 is 35.6 Å². The number of nitrogens with one attached hydrogen (secondary N) is 1. The molecule has 260 valence electrons. The Morgan fingerprint density at radius 1 is 0.840 bits per heavy atom. The lowest BCUT2D eigenvalue weighted by Gasteiger charge is -2.28. The van der Waals surface area contributed by atoms with Gasteiger partial charge in [0.15, 0.2) is 22.4 Å². The van der Waals surface area contributed by atoms with Crippen molar-refractivity contribution in [2.24, 2.45) is 5.92 Å². The molecule has 3 aliphatic carbocycles. The van der Waals surface area contributed by atoms with Crippen molar-refractivity contribution < 1.29 is 35.1 Å². The van der Waals surface area contributed by atoms with Crippen LogP contribution in [-0.2, 0) is 24.4 Å². The number of aliphatic hydroxyl groups excluding tert-OH is 4. The minimum atomic E-state index is -0.879. The first kappa shape index (κ1) is 32.8. The number of benzene rings is 5. The van der Waals surface area contributed by atoms with Crippen molar-refractivity contribution in [1.82, 2.24) is 0 Å². The molecule has 5 atom stereocenters. The first-order chi connectivity index (χ1) is 24.0. The third kappa shape index (κ3) is 4.58. The first-order valence-electron chi connectivity index (χ1n) is 17.5. The van der Waals surface area contributed by atoms with Crippen LogP contribution in [0.2, 0.25) is 0 Å². The van der Waals surface area contributed by atoms with Gasteiger partial charge in [-0.15, -0.1) is 0 Å². The summed E-state index contributed by atoms with van der Waals surface area (Å²) in [5.74, 6) is -1.41. The molecule has 0 heterocycles. The van der Waals surface area contributed by atoms with E-state index in [1.165, 1.54) is 26.2 Å². The lowest BCUT2D eigenvalue weighted by atomic mass is 9.78. The number of carbonyl (C=O) groups is 1. The van der Waals surface area contributed by atoms with Gasteiger partial charge in [0.25, 0.3) is 0 Å². The molecule has 2 fully saturated rings. The van der Waals surface area contributed by atoms with Gasteiger partial charge in [-0.05, 0) is 121 Å². The lowest BCUT2D eigenvalue weighted by molar-refractivity contribution is -0.117. The van der Waals surface area contributed by atoms with E-state index in [0.717, 1.165) is 17.5 Å². The maximum absolute atomic E-state index is 14.5. The molecule has 10 heteroatoms. The van der Waals surface area contributed by atoms with Crippen LogP contribution in [0.4, 0.5) is 5.69 Å². The van der Waals surface area contributed by atoms with Crippen LogP contribution in [0, 0.1) is 5.92 Å². The molecular weight excluding hydrogens is 638 g/mol. The van der Waals surface area contributed by atoms with Crippen molar-refractivity contribution in [3.05, 3.63) is 66.0 Å².